The van der Waals surface area contributed by atoms with E-state index in [4.69, 9.17) is 19.9 Å². The largest absolute Gasteiger partial charge is 0.508 e. The van der Waals surface area contributed by atoms with Crippen LogP contribution in [-0.2, 0) is 75.3 Å². The number of alkyl carbamates (subject to hydrolysis) is 3. The summed E-state index contributed by atoms with van der Waals surface area (Å²) in [5.74, 6) is -3.14. The van der Waals surface area contributed by atoms with Gasteiger partial charge in [0, 0.05) is 44.2 Å². The number of ether oxygens (including phenoxy) is 3. The summed E-state index contributed by atoms with van der Waals surface area (Å²) in [6.07, 6.45) is 1.70. The van der Waals surface area contributed by atoms with Crippen molar-refractivity contribution in [1.82, 2.24) is 26.6 Å². The number of hydrogen-bond acceptors (Lipinski definition) is 15. The summed E-state index contributed by atoms with van der Waals surface area (Å²) in [6, 6.07) is 31.0. The van der Waals surface area contributed by atoms with Crippen LogP contribution in [0.15, 0.2) is 115 Å². The number of unbranched alkanes of at least 4 members (excludes halogenated alkanes) is 2. The number of aryl methyl sites for hydroxylation is 4. The zero-order valence-corrected chi connectivity index (χ0v) is 56.9. The maximum atomic E-state index is 14.1. The first kappa shape index (κ1) is 77.5. The molecule has 0 aromatic heterocycles. The van der Waals surface area contributed by atoms with E-state index >= 15 is 0 Å². The number of benzene rings is 5. The predicted octanol–water partition coefficient (Wildman–Crippen LogP) is 10.9. The molecule has 6 unspecified atom stereocenters. The fourth-order valence-electron chi connectivity index (χ4n) is 10.6. The van der Waals surface area contributed by atoms with E-state index in [-0.39, 0.29) is 73.5 Å². The van der Waals surface area contributed by atoms with Crippen molar-refractivity contribution in [1.29, 1.82) is 0 Å². The van der Waals surface area contributed by atoms with Crippen LogP contribution in [0.1, 0.15) is 157 Å². The van der Waals surface area contributed by atoms with Crippen LogP contribution in [0.5, 0.6) is 11.5 Å². The molecule has 20 heteroatoms. The Bertz CT molecular complexity index is 3260. The number of carbonyl (C=O) groups excluding carboxylic acids is 9. The first-order valence-electron chi connectivity index (χ1n) is 32.3. The Kier molecular flexibility index (Phi) is 31.6. The standard InChI is InChI=1S/C41H53N3O8.C33H47N3O6/c1-27-21-33(46)22-28(2)34(27)25-36(44-40(50)51-26-31-17-11-8-12-18-31)37(47)24-32(19-13-14-20-42-39(49)52-41(4,5)6)38(48)43-35(29(3)45)23-30-15-9-7-10-16-30;1-21-16-26(38)17-22(2)27(21)20-28(34)30(39)19-25(14-10-11-15-35-32(41)42-33(4,5)6)31(40)36-29(23(3)37)18-24-12-8-7-9-13-24/h7-12,15-18,21-22,32,35-36,46H,13-14,19-20,23-26H2,1-6H3,(H,42,49)(H,43,48)(H,44,50);7-9,12-13,16-17,25,28-29,38H,10-11,14-15,18-20,34H2,1-6H3,(H,35,41)(H,36,40). The van der Waals surface area contributed by atoms with E-state index in [2.05, 4.69) is 26.6 Å². The number of amides is 5. The minimum atomic E-state index is -1.05. The Morgan fingerprint density at radius 2 is 0.819 bits per heavy atom. The van der Waals surface area contributed by atoms with Crippen LogP contribution in [-0.4, -0.2) is 112 Å². The number of rotatable bonds is 33. The van der Waals surface area contributed by atoms with E-state index in [1.54, 1.807) is 65.8 Å². The van der Waals surface area contributed by atoms with Crippen molar-refractivity contribution in [2.24, 2.45) is 17.6 Å². The number of aromatic hydroxyl groups is 2. The van der Waals surface area contributed by atoms with Crippen molar-refractivity contribution in [2.75, 3.05) is 13.1 Å². The van der Waals surface area contributed by atoms with Crippen molar-refractivity contribution >= 4 is 53.2 Å². The molecule has 6 atom stereocenters. The summed E-state index contributed by atoms with van der Waals surface area (Å²) < 4.78 is 16.0. The molecule has 0 spiro atoms. The molecule has 5 rings (SSSR count). The molecule has 5 aromatic carbocycles. The average Bonchev–Trinajstić information content (AvgIpc) is 0.876. The van der Waals surface area contributed by atoms with Gasteiger partial charge in [0.25, 0.3) is 0 Å². The summed E-state index contributed by atoms with van der Waals surface area (Å²) >= 11 is 0. The predicted molar refractivity (Wildman–Crippen MR) is 362 cm³/mol. The van der Waals surface area contributed by atoms with E-state index in [1.165, 1.54) is 13.8 Å². The molecule has 0 heterocycles. The number of phenolic OH excluding ortho intramolecular Hbond substituents is 2. The Hall–Kier alpha value is -8.91. The lowest BCUT2D eigenvalue weighted by molar-refractivity contribution is -0.132. The fraction of sp³-hybridized carbons (Fsp3) is 0.473. The zero-order valence-electron chi connectivity index (χ0n) is 56.9. The summed E-state index contributed by atoms with van der Waals surface area (Å²) in [5.41, 5.74) is 12.5. The molecule has 0 aliphatic carbocycles. The van der Waals surface area contributed by atoms with Crippen LogP contribution in [0.2, 0.25) is 0 Å². The van der Waals surface area contributed by atoms with Gasteiger partial charge in [0.05, 0.1) is 24.2 Å². The maximum absolute atomic E-state index is 14.1. The third kappa shape index (κ3) is 29.4. The first-order valence-corrected chi connectivity index (χ1v) is 32.3. The number of hydrogen-bond donors (Lipinski definition) is 8. The monoisotopic (exact) mass is 1300 g/mol. The lowest BCUT2D eigenvalue weighted by Crippen LogP contribution is -2.47. The second kappa shape index (κ2) is 38.3. The molecule has 5 aromatic rings. The molecule has 0 aliphatic rings. The Morgan fingerprint density at radius 1 is 0.457 bits per heavy atom. The van der Waals surface area contributed by atoms with Crippen LogP contribution in [0, 0.1) is 39.5 Å². The van der Waals surface area contributed by atoms with E-state index < -0.39 is 77.2 Å². The van der Waals surface area contributed by atoms with Crippen molar-refractivity contribution in [3.63, 3.8) is 0 Å². The smallest absolute Gasteiger partial charge is 0.408 e. The van der Waals surface area contributed by atoms with E-state index in [0.29, 0.717) is 58.0 Å². The number of ketones is 4. The van der Waals surface area contributed by atoms with E-state index in [9.17, 15) is 53.4 Å². The normalized spacial score (nSPS) is 13.2. The molecule has 0 aliphatic heterocycles. The van der Waals surface area contributed by atoms with Gasteiger partial charge in [-0.3, -0.25) is 28.8 Å². The zero-order chi connectivity index (χ0) is 69.7. The van der Waals surface area contributed by atoms with E-state index in [0.717, 1.165) is 50.1 Å². The molecule has 0 radical (unpaired) electrons. The highest BCUT2D eigenvalue weighted by Gasteiger charge is 2.32. The van der Waals surface area contributed by atoms with Gasteiger partial charge in [-0.15, -0.1) is 0 Å². The van der Waals surface area contributed by atoms with Crippen LogP contribution in [0.4, 0.5) is 14.4 Å². The number of nitrogens with one attached hydrogen (secondary N) is 5. The molecule has 94 heavy (non-hydrogen) atoms. The summed E-state index contributed by atoms with van der Waals surface area (Å²) in [5, 5.41) is 33.9. The van der Waals surface area contributed by atoms with Crippen molar-refractivity contribution in [3.05, 3.63) is 165 Å². The van der Waals surface area contributed by atoms with Crippen molar-refractivity contribution < 1.29 is 67.6 Å². The van der Waals surface area contributed by atoms with Crippen LogP contribution in [0.3, 0.4) is 0 Å². The Labute approximate surface area is 554 Å². The molecular formula is C74H100N6O14. The van der Waals surface area contributed by atoms with Crippen molar-refractivity contribution in [3.8, 4) is 11.5 Å². The van der Waals surface area contributed by atoms with Gasteiger partial charge in [-0.05, 0) is 202 Å². The van der Waals surface area contributed by atoms with Gasteiger partial charge in [0.15, 0.2) is 23.1 Å². The molecule has 0 saturated heterocycles. The molecular weight excluding hydrogens is 1200 g/mol. The quantitative estimate of drug-likeness (QED) is 0.0143. The van der Waals surface area contributed by atoms with Crippen LogP contribution >= 0.6 is 0 Å². The van der Waals surface area contributed by atoms with Gasteiger partial charge >= 0.3 is 18.3 Å². The second-order valence-electron chi connectivity index (χ2n) is 26.2. The van der Waals surface area contributed by atoms with Crippen LogP contribution in [0.25, 0.3) is 0 Å². The number of nitrogens with two attached hydrogens (primary N) is 1. The third-order valence-corrected chi connectivity index (χ3v) is 15.6. The first-order chi connectivity index (χ1) is 44.3. The van der Waals surface area contributed by atoms with Crippen LogP contribution < -0.4 is 32.3 Å². The van der Waals surface area contributed by atoms with Gasteiger partial charge in [0.2, 0.25) is 11.8 Å². The van der Waals surface area contributed by atoms with Gasteiger partial charge in [-0.2, -0.15) is 0 Å². The summed E-state index contributed by atoms with van der Waals surface area (Å²) in [6.45, 7) is 21.5. The van der Waals surface area contributed by atoms with Gasteiger partial charge < -0.3 is 56.7 Å². The summed E-state index contributed by atoms with van der Waals surface area (Å²) in [4.78, 5) is 117. The fourth-order valence-corrected chi connectivity index (χ4v) is 10.6. The van der Waals surface area contributed by atoms with Gasteiger partial charge in [-0.25, -0.2) is 14.4 Å². The highest BCUT2D eigenvalue weighted by Crippen LogP contribution is 2.26. The minimum absolute atomic E-state index is 0.00105. The number of carbonyl (C=O) groups is 9. The van der Waals surface area contributed by atoms with Gasteiger partial charge in [0.1, 0.15) is 29.3 Å². The highest BCUT2D eigenvalue weighted by molar-refractivity contribution is 5.94. The summed E-state index contributed by atoms with van der Waals surface area (Å²) in [7, 11) is 0. The van der Waals surface area contributed by atoms with Crippen molar-refractivity contribution in [2.45, 2.75) is 202 Å². The lowest BCUT2D eigenvalue weighted by atomic mass is 9.88. The topological polar surface area (TPSA) is 308 Å². The maximum Gasteiger partial charge on any atom is 0.408 e. The molecule has 0 bridgehead atoms. The molecule has 20 nitrogen and oxygen atoms in total. The highest BCUT2D eigenvalue weighted by atomic mass is 16.6. The SMILES string of the molecule is CC(=O)C(Cc1ccccc1)NC(=O)C(CCCCNC(=O)OC(C)(C)C)CC(=O)C(Cc1c(C)cc(O)cc1C)NC(=O)OCc1ccccc1.CC(=O)C(Cc1ccccc1)NC(=O)C(CCCCNC(=O)OC(C)(C)C)CC(=O)C(N)Cc1c(C)cc(O)cc1C. The molecule has 0 fully saturated rings. The average molecular weight is 1300 g/mol. The molecule has 5 amide bonds. The number of phenols is 2. The number of Topliss-reactive ketones (excluding diaryl/α,β-unsaturated/α-hetero) is 4. The molecule has 0 saturated carbocycles. The lowest BCUT2D eigenvalue weighted by Gasteiger charge is -2.24. The Balaban J connectivity index is 0.000000410. The third-order valence-electron chi connectivity index (χ3n) is 15.6. The second-order valence-corrected chi connectivity index (χ2v) is 26.2. The Morgan fingerprint density at radius 3 is 1.19 bits per heavy atom. The van der Waals surface area contributed by atoms with Gasteiger partial charge in [-0.1, -0.05) is 104 Å². The molecule has 510 valence electrons. The van der Waals surface area contributed by atoms with E-state index in [1.807, 2.05) is 119 Å². The minimum Gasteiger partial charge on any atom is -0.508 e. The molecule has 9 N–H and O–H groups in total.